The molecular formula is C20H21N3O3. The van der Waals surface area contributed by atoms with E-state index in [9.17, 15) is 9.59 Å². The van der Waals surface area contributed by atoms with Gasteiger partial charge in [-0.3, -0.25) is 14.6 Å². The van der Waals surface area contributed by atoms with Gasteiger partial charge in [-0.1, -0.05) is 18.2 Å². The van der Waals surface area contributed by atoms with Crippen molar-refractivity contribution in [2.24, 2.45) is 0 Å². The highest BCUT2D eigenvalue weighted by atomic mass is 16.5. The van der Waals surface area contributed by atoms with Gasteiger partial charge < -0.3 is 14.5 Å². The summed E-state index contributed by atoms with van der Waals surface area (Å²) in [5.41, 5.74) is 1.71. The number of amides is 2. The minimum absolute atomic E-state index is 0.0285. The number of hydrogen-bond donors (Lipinski definition) is 0. The lowest BCUT2D eigenvalue weighted by molar-refractivity contribution is -0.137. The van der Waals surface area contributed by atoms with Crippen molar-refractivity contribution in [3.05, 3.63) is 59.9 Å². The first-order valence-corrected chi connectivity index (χ1v) is 8.78. The third-order valence-electron chi connectivity index (χ3n) is 5.16. The van der Waals surface area contributed by atoms with Gasteiger partial charge in [-0.05, 0) is 37.6 Å². The number of carbonyl (C=O) groups is 2. The Labute approximate surface area is 152 Å². The minimum atomic E-state index is -0.504. The number of pyridine rings is 1. The van der Waals surface area contributed by atoms with Gasteiger partial charge in [-0.15, -0.1) is 0 Å². The molecule has 134 valence electrons. The van der Waals surface area contributed by atoms with E-state index in [0.717, 1.165) is 11.4 Å². The van der Waals surface area contributed by atoms with Crippen LogP contribution in [-0.2, 0) is 9.53 Å². The molecule has 0 aliphatic carbocycles. The number of nitrogens with zero attached hydrogens (tertiary/aromatic N) is 3. The largest absolute Gasteiger partial charge is 0.361 e. The molecule has 1 spiro atoms. The third-order valence-corrected chi connectivity index (χ3v) is 5.16. The van der Waals surface area contributed by atoms with Crippen molar-refractivity contribution in [2.45, 2.75) is 18.9 Å². The molecule has 2 amide bonds. The van der Waals surface area contributed by atoms with Crippen LogP contribution in [0.3, 0.4) is 0 Å². The summed E-state index contributed by atoms with van der Waals surface area (Å²) in [5, 5.41) is 0. The lowest BCUT2D eigenvalue weighted by atomic mass is 10.00. The molecule has 4 rings (SSSR count). The molecule has 6 nitrogen and oxygen atoms in total. The van der Waals surface area contributed by atoms with E-state index >= 15 is 0 Å². The van der Waals surface area contributed by atoms with Crippen molar-refractivity contribution < 1.29 is 14.3 Å². The van der Waals surface area contributed by atoms with Crippen LogP contribution in [0.2, 0.25) is 0 Å². The first-order valence-electron chi connectivity index (χ1n) is 8.78. The van der Waals surface area contributed by atoms with Crippen LogP contribution >= 0.6 is 0 Å². The minimum Gasteiger partial charge on any atom is -0.361 e. The molecule has 26 heavy (non-hydrogen) atoms. The molecule has 2 aliphatic heterocycles. The van der Waals surface area contributed by atoms with Crippen LogP contribution in [-0.4, -0.2) is 53.5 Å². The molecule has 2 aromatic rings. The maximum Gasteiger partial charge on any atom is 0.255 e. The first kappa shape index (κ1) is 16.7. The van der Waals surface area contributed by atoms with Crippen LogP contribution in [0.15, 0.2) is 48.7 Å². The fourth-order valence-corrected chi connectivity index (χ4v) is 3.70. The van der Waals surface area contributed by atoms with Crippen molar-refractivity contribution in [2.75, 3.05) is 31.1 Å². The first-order chi connectivity index (χ1) is 12.6. The summed E-state index contributed by atoms with van der Waals surface area (Å²) in [6.45, 7) is 3.45. The predicted molar refractivity (Wildman–Crippen MR) is 97.0 cm³/mol. The normalized spacial score (nSPS) is 22.9. The zero-order chi connectivity index (χ0) is 18.1. The Balaban J connectivity index is 1.53. The molecule has 6 heteroatoms. The number of para-hydroxylation sites is 1. The number of carbonyl (C=O) groups excluding carboxylic acids is 2. The standard InChI is InChI=1S/C20H21N3O3/c1-15-17(8-5-10-21-15)19(25)22-11-9-20(13-22)14-23(18(24)12-26-20)16-6-3-2-4-7-16/h2-8,10H,9,11-14H2,1H3. The average molecular weight is 351 g/mol. The fraction of sp³-hybridized carbons (Fsp3) is 0.350. The highest BCUT2D eigenvalue weighted by Crippen LogP contribution is 2.32. The monoisotopic (exact) mass is 351 g/mol. The Hall–Kier alpha value is -2.73. The van der Waals surface area contributed by atoms with Gasteiger partial charge in [0.2, 0.25) is 0 Å². The number of anilines is 1. The summed E-state index contributed by atoms with van der Waals surface area (Å²) in [4.78, 5) is 33.0. The second kappa shape index (κ2) is 6.53. The van der Waals surface area contributed by atoms with Crippen molar-refractivity contribution in [3.63, 3.8) is 0 Å². The number of rotatable bonds is 2. The second-order valence-electron chi connectivity index (χ2n) is 6.90. The van der Waals surface area contributed by atoms with E-state index in [1.807, 2.05) is 42.2 Å². The van der Waals surface area contributed by atoms with Crippen LogP contribution in [0.4, 0.5) is 5.69 Å². The second-order valence-corrected chi connectivity index (χ2v) is 6.90. The molecule has 1 aromatic heterocycles. The molecular weight excluding hydrogens is 330 g/mol. The Kier molecular flexibility index (Phi) is 4.20. The molecule has 1 unspecified atom stereocenters. The van der Waals surface area contributed by atoms with Gasteiger partial charge in [0, 0.05) is 24.1 Å². The molecule has 2 saturated heterocycles. The van der Waals surface area contributed by atoms with Crippen LogP contribution < -0.4 is 4.90 Å². The van der Waals surface area contributed by atoms with E-state index in [4.69, 9.17) is 4.74 Å². The Bertz CT molecular complexity index is 839. The number of hydrogen-bond acceptors (Lipinski definition) is 4. The van der Waals surface area contributed by atoms with Gasteiger partial charge in [0.05, 0.1) is 18.7 Å². The molecule has 2 fully saturated rings. The molecule has 0 N–H and O–H groups in total. The SMILES string of the molecule is Cc1ncccc1C(=O)N1CCC2(C1)CN(c1ccccc1)C(=O)CO2. The van der Waals surface area contributed by atoms with Crippen molar-refractivity contribution >= 4 is 17.5 Å². The summed E-state index contributed by atoms with van der Waals surface area (Å²) in [7, 11) is 0. The molecule has 2 aliphatic rings. The van der Waals surface area contributed by atoms with Gasteiger partial charge in [-0.25, -0.2) is 0 Å². The maximum absolute atomic E-state index is 12.9. The average Bonchev–Trinajstić information content (AvgIpc) is 3.08. The number of benzene rings is 1. The van der Waals surface area contributed by atoms with E-state index in [1.165, 1.54) is 0 Å². The number of aromatic nitrogens is 1. The summed E-state index contributed by atoms with van der Waals surface area (Å²) in [6.07, 6.45) is 2.40. The van der Waals surface area contributed by atoms with E-state index < -0.39 is 5.60 Å². The van der Waals surface area contributed by atoms with E-state index in [2.05, 4.69) is 4.98 Å². The van der Waals surface area contributed by atoms with Crippen LogP contribution in [0.5, 0.6) is 0 Å². The summed E-state index contributed by atoms with van der Waals surface area (Å²) >= 11 is 0. The summed E-state index contributed by atoms with van der Waals surface area (Å²) in [6, 6.07) is 13.2. The Morgan fingerprint density at radius 1 is 1.15 bits per heavy atom. The number of aryl methyl sites for hydroxylation is 1. The smallest absolute Gasteiger partial charge is 0.255 e. The summed E-state index contributed by atoms with van der Waals surface area (Å²) < 4.78 is 5.94. The van der Waals surface area contributed by atoms with Gasteiger partial charge in [0.25, 0.3) is 11.8 Å². The zero-order valence-corrected chi connectivity index (χ0v) is 14.7. The molecule has 1 aromatic carbocycles. The fourth-order valence-electron chi connectivity index (χ4n) is 3.70. The quantitative estimate of drug-likeness (QED) is 0.831. The van der Waals surface area contributed by atoms with Gasteiger partial charge in [0.15, 0.2) is 0 Å². The van der Waals surface area contributed by atoms with Crippen LogP contribution in [0.1, 0.15) is 22.5 Å². The number of ether oxygens (including phenoxy) is 1. The van der Waals surface area contributed by atoms with Crippen molar-refractivity contribution in [1.29, 1.82) is 0 Å². The Morgan fingerprint density at radius 2 is 1.96 bits per heavy atom. The third kappa shape index (κ3) is 2.97. The zero-order valence-electron chi connectivity index (χ0n) is 14.7. The molecule has 0 saturated carbocycles. The van der Waals surface area contributed by atoms with Gasteiger partial charge >= 0.3 is 0 Å². The number of likely N-dealkylation sites (tertiary alicyclic amines) is 1. The molecule has 0 radical (unpaired) electrons. The highest BCUT2D eigenvalue weighted by molar-refractivity contribution is 5.96. The maximum atomic E-state index is 12.9. The lowest BCUT2D eigenvalue weighted by Gasteiger charge is -2.40. The van der Waals surface area contributed by atoms with Crippen molar-refractivity contribution in [3.8, 4) is 0 Å². The van der Waals surface area contributed by atoms with Gasteiger partial charge in [-0.2, -0.15) is 0 Å². The van der Waals surface area contributed by atoms with E-state index in [0.29, 0.717) is 31.6 Å². The van der Waals surface area contributed by atoms with E-state index in [-0.39, 0.29) is 18.4 Å². The van der Waals surface area contributed by atoms with Crippen molar-refractivity contribution in [1.82, 2.24) is 9.88 Å². The van der Waals surface area contributed by atoms with Crippen LogP contribution in [0.25, 0.3) is 0 Å². The van der Waals surface area contributed by atoms with Gasteiger partial charge in [0.1, 0.15) is 12.2 Å². The molecule has 1 atom stereocenters. The van der Waals surface area contributed by atoms with Crippen LogP contribution in [0, 0.1) is 6.92 Å². The van der Waals surface area contributed by atoms with E-state index in [1.54, 1.807) is 23.2 Å². The number of morpholine rings is 1. The predicted octanol–water partition coefficient (Wildman–Crippen LogP) is 2.04. The highest BCUT2D eigenvalue weighted by Gasteiger charge is 2.46. The topological polar surface area (TPSA) is 62.7 Å². The lowest BCUT2D eigenvalue weighted by Crippen LogP contribution is -2.56. The molecule has 3 heterocycles. The molecule has 0 bridgehead atoms. The Morgan fingerprint density at radius 3 is 2.73 bits per heavy atom. The summed E-state index contributed by atoms with van der Waals surface area (Å²) in [5.74, 6) is -0.0751.